The van der Waals surface area contributed by atoms with Gasteiger partial charge in [-0.1, -0.05) is 18.2 Å². The highest BCUT2D eigenvalue weighted by Gasteiger charge is 2.06. The average molecular weight is 289 g/mol. The molecule has 1 heterocycles. The van der Waals surface area contributed by atoms with Crippen molar-refractivity contribution in [3.05, 3.63) is 59.8 Å². The average Bonchev–Trinajstić information content (AvgIpc) is 2.45. The molecule has 1 aromatic carbocycles. The van der Waals surface area contributed by atoms with E-state index >= 15 is 0 Å². The number of anilines is 1. The third kappa shape index (κ3) is 3.59. The standard InChI is InChI=1S/C15H13ClN2O2/c1-3-15(19)18-14-8-13(10(2)9-17-14)20-12-6-4-11(16)5-7-12/h3-9H,1H2,2H3,(H,17,18,19). The van der Waals surface area contributed by atoms with E-state index < -0.39 is 0 Å². The summed E-state index contributed by atoms with van der Waals surface area (Å²) in [6.45, 7) is 5.26. The fourth-order valence-electron chi connectivity index (χ4n) is 1.49. The molecule has 1 N–H and O–H groups in total. The van der Waals surface area contributed by atoms with Crippen molar-refractivity contribution in [2.45, 2.75) is 6.92 Å². The number of benzene rings is 1. The van der Waals surface area contributed by atoms with Crippen molar-refractivity contribution >= 4 is 23.3 Å². The van der Waals surface area contributed by atoms with Crippen molar-refractivity contribution < 1.29 is 9.53 Å². The van der Waals surface area contributed by atoms with Gasteiger partial charge in [0.1, 0.15) is 17.3 Å². The summed E-state index contributed by atoms with van der Waals surface area (Å²) in [7, 11) is 0. The lowest BCUT2D eigenvalue weighted by molar-refractivity contribution is -0.111. The number of amides is 1. The summed E-state index contributed by atoms with van der Waals surface area (Å²) in [5, 5.41) is 3.23. The van der Waals surface area contributed by atoms with Gasteiger partial charge in [-0.2, -0.15) is 0 Å². The first-order chi connectivity index (χ1) is 9.58. The first-order valence-electron chi connectivity index (χ1n) is 5.92. The zero-order chi connectivity index (χ0) is 14.5. The lowest BCUT2D eigenvalue weighted by Gasteiger charge is -2.10. The minimum Gasteiger partial charge on any atom is -0.457 e. The third-order valence-electron chi connectivity index (χ3n) is 2.53. The van der Waals surface area contributed by atoms with Crippen molar-refractivity contribution in [1.82, 2.24) is 4.98 Å². The molecule has 0 bridgehead atoms. The van der Waals surface area contributed by atoms with E-state index in [-0.39, 0.29) is 5.91 Å². The van der Waals surface area contributed by atoms with Crippen LogP contribution in [0.4, 0.5) is 5.82 Å². The van der Waals surface area contributed by atoms with Crippen molar-refractivity contribution in [2.24, 2.45) is 0 Å². The van der Waals surface area contributed by atoms with Crippen LogP contribution < -0.4 is 10.1 Å². The molecule has 102 valence electrons. The third-order valence-corrected chi connectivity index (χ3v) is 2.78. The quantitative estimate of drug-likeness (QED) is 0.866. The molecule has 0 spiro atoms. The molecule has 2 rings (SSSR count). The maximum atomic E-state index is 11.2. The van der Waals surface area contributed by atoms with E-state index in [1.807, 2.05) is 6.92 Å². The molecule has 0 saturated heterocycles. The molecular weight excluding hydrogens is 276 g/mol. The van der Waals surface area contributed by atoms with Crippen LogP contribution >= 0.6 is 11.6 Å². The maximum absolute atomic E-state index is 11.2. The van der Waals surface area contributed by atoms with Crippen LogP contribution in [0.25, 0.3) is 0 Å². The van der Waals surface area contributed by atoms with E-state index in [0.717, 1.165) is 5.56 Å². The summed E-state index contributed by atoms with van der Waals surface area (Å²) < 4.78 is 5.74. The SMILES string of the molecule is C=CC(=O)Nc1cc(Oc2ccc(Cl)cc2)c(C)cn1. The second kappa shape index (κ2) is 6.21. The van der Waals surface area contributed by atoms with Gasteiger partial charge in [-0.15, -0.1) is 0 Å². The molecule has 0 unspecified atom stereocenters. The Kier molecular flexibility index (Phi) is 4.38. The predicted molar refractivity (Wildman–Crippen MR) is 79.3 cm³/mol. The number of pyridine rings is 1. The zero-order valence-corrected chi connectivity index (χ0v) is 11.6. The summed E-state index contributed by atoms with van der Waals surface area (Å²) in [6.07, 6.45) is 2.81. The van der Waals surface area contributed by atoms with Gasteiger partial charge in [-0.05, 0) is 37.3 Å². The first kappa shape index (κ1) is 14.1. The molecule has 1 aromatic heterocycles. The molecular formula is C15H13ClN2O2. The molecule has 5 heteroatoms. The summed E-state index contributed by atoms with van der Waals surface area (Å²) in [6, 6.07) is 8.68. The Balaban J connectivity index is 2.22. The smallest absolute Gasteiger partial charge is 0.248 e. The number of hydrogen-bond donors (Lipinski definition) is 1. The molecule has 0 aliphatic heterocycles. The summed E-state index contributed by atoms with van der Waals surface area (Å²) >= 11 is 5.82. The van der Waals surface area contributed by atoms with E-state index in [9.17, 15) is 4.79 Å². The summed E-state index contributed by atoms with van der Waals surface area (Å²) in [4.78, 5) is 15.4. The number of aryl methyl sites for hydroxylation is 1. The monoisotopic (exact) mass is 288 g/mol. The van der Waals surface area contributed by atoms with Crippen molar-refractivity contribution in [2.75, 3.05) is 5.32 Å². The zero-order valence-electron chi connectivity index (χ0n) is 10.9. The Morgan fingerprint density at radius 1 is 1.40 bits per heavy atom. The molecule has 20 heavy (non-hydrogen) atoms. The van der Waals surface area contributed by atoms with E-state index in [1.54, 1.807) is 36.5 Å². The molecule has 0 atom stereocenters. The van der Waals surface area contributed by atoms with Crippen LogP contribution in [0.3, 0.4) is 0 Å². The van der Waals surface area contributed by atoms with Gasteiger partial charge in [0, 0.05) is 22.8 Å². The van der Waals surface area contributed by atoms with Gasteiger partial charge in [0.05, 0.1) is 0 Å². The number of aromatic nitrogens is 1. The minimum atomic E-state index is -0.321. The van der Waals surface area contributed by atoms with Crippen LogP contribution in [0.15, 0.2) is 49.2 Å². The topological polar surface area (TPSA) is 51.2 Å². The van der Waals surface area contributed by atoms with Crippen molar-refractivity contribution in [3.63, 3.8) is 0 Å². The van der Waals surface area contributed by atoms with E-state index in [2.05, 4.69) is 16.9 Å². The van der Waals surface area contributed by atoms with Gasteiger partial charge in [0.2, 0.25) is 5.91 Å². The number of nitrogens with one attached hydrogen (secondary N) is 1. The molecule has 0 fully saturated rings. The van der Waals surface area contributed by atoms with Crippen molar-refractivity contribution in [3.8, 4) is 11.5 Å². The molecule has 0 aliphatic rings. The highest BCUT2D eigenvalue weighted by Crippen LogP contribution is 2.27. The Morgan fingerprint density at radius 3 is 2.75 bits per heavy atom. The van der Waals surface area contributed by atoms with Gasteiger partial charge in [0.15, 0.2) is 0 Å². The molecule has 1 amide bonds. The Hall–Kier alpha value is -2.33. The number of hydrogen-bond acceptors (Lipinski definition) is 3. The first-order valence-corrected chi connectivity index (χ1v) is 6.30. The lowest BCUT2D eigenvalue weighted by Crippen LogP contribution is -2.08. The Labute approximate surface area is 122 Å². The fraction of sp³-hybridized carbons (Fsp3) is 0.0667. The van der Waals surface area contributed by atoms with E-state index in [0.29, 0.717) is 22.3 Å². The number of halogens is 1. The second-order valence-electron chi connectivity index (χ2n) is 4.08. The van der Waals surface area contributed by atoms with Gasteiger partial charge >= 0.3 is 0 Å². The van der Waals surface area contributed by atoms with Gasteiger partial charge in [-0.25, -0.2) is 4.98 Å². The normalized spacial score (nSPS) is 9.90. The van der Waals surface area contributed by atoms with Crippen LogP contribution in [0.5, 0.6) is 11.5 Å². The predicted octanol–water partition coefficient (Wildman–Crippen LogP) is 3.96. The number of nitrogens with zero attached hydrogens (tertiary/aromatic N) is 1. The Bertz CT molecular complexity index is 639. The second-order valence-corrected chi connectivity index (χ2v) is 4.52. The largest absolute Gasteiger partial charge is 0.457 e. The fourth-order valence-corrected chi connectivity index (χ4v) is 1.62. The van der Waals surface area contributed by atoms with Gasteiger partial charge in [-0.3, -0.25) is 4.79 Å². The van der Waals surface area contributed by atoms with Crippen LogP contribution in [0.1, 0.15) is 5.56 Å². The number of ether oxygens (including phenoxy) is 1. The molecule has 0 aliphatic carbocycles. The van der Waals surface area contributed by atoms with Crippen LogP contribution in [-0.2, 0) is 4.79 Å². The number of carbonyl (C=O) groups excluding carboxylic acids is 1. The number of rotatable bonds is 4. The van der Waals surface area contributed by atoms with Crippen LogP contribution in [0.2, 0.25) is 5.02 Å². The molecule has 4 nitrogen and oxygen atoms in total. The maximum Gasteiger partial charge on any atom is 0.248 e. The number of carbonyl (C=O) groups is 1. The minimum absolute atomic E-state index is 0.321. The van der Waals surface area contributed by atoms with Crippen LogP contribution in [-0.4, -0.2) is 10.9 Å². The van der Waals surface area contributed by atoms with E-state index in [4.69, 9.17) is 16.3 Å². The van der Waals surface area contributed by atoms with Gasteiger partial charge < -0.3 is 10.1 Å². The lowest BCUT2D eigenvalue weighted by atomic mass is 10.2. The van der Waals surface area contributed by atoms with Gasteiger partial charge in [0.25, 0.3) is 0 Å². The Morgan fingerprint density at radius 2 is 2.10 bits per heavy atom. The van der Waals surface area contributed by atoms with Crippen LogP contribution in [0, 0.1) is 6.92 Å². The highest BCUT2D eigenvalue weighted by molar-refractivity contribution is 6.30. The molecule has 0 radical (unpaired) electrons. The highest BCUT2D eigenvalue weighted by atomic mass is 35.5. The summed E-state index contributed by atoms with van der Waals surface area (Å²) in [5.74, 6) is 1.36. The molecule has 2 aromatic rings. The molecule has 0 saturated carbocycles. The van der Waals surface area contributed by atoms with Crippen molar-refractivity contribution in [1.29, 1.82) is 0 Å². The summed E-state index contributed by atoms with van der Waals surface area (Å²) in [5.41, 5.74) is 0.858. The van der Waals surface area contributed by atoms with E-state index in [1.165, 1.54) is 6.08 Å².